The van der Waals surface area contributed by atoms with Gasteiger partial charge in [-0.2, -0.15) is 5.10 Å². The fourth-order valence-corrected chi connectivity index (χ4v) is 2.99. The van der Waals surface area contributed by atoms with Gasteiger partial charge in [0.1, 0.15) is 12.1 Å². The molecule has 0 unspecified atom stereocenters. The summed E-state index contributed by atoms with van der Waals surface area (Å²) in [6.07, 6.45) is 6.92. The van der Waals surface area contributed by atoms with Gasteiger partial charge in [-0.15, -0.1) is 10.2 Å². The van der Waals surface area contributed by atoms with Crippen LogP contribution in [0.2, 0.25) is 0 Å². The van der Waals surface area contributed by atoms with E-state index in [4.69, 9.17) is 9.72 Å². The van der Waals surface area contributed by atoms with Crippen molar-refractivity contribution in [3.05, 3.63) is 42.9 Å². The molecule has 4 aromatic rings. The Morgan fingerprint density at radius 1 is 1.25 bits per heavy atom. The number of aromatic nitrogens is 8. The number of pyridine rings is 1. The number of fused-ring (bicyclic) bond motifs is 1. The van der Waals surface area contributed by atoms with Crippen LogP contribution >= 0.6 is 0 Å². The van der Waals surface area contributed by atoms with Crippen LogP contribution in [0.1, 0.15) is 18.8 Å². The Morgan fingerprint density at radius 2 is 2.14 bits per heavy atom. The summed E-state index contributed by atoms with van der Waals surface area (Å²) in [7, 11) is 3.53. The lowest BCUT2D eigenvalue weighted by Gasteiger charge is -2.16. The summed E-state index contributed by atoms with van der Waals surface area (Å²) < 4.78 is 8.85. The maximum atomic E-state index is 5.16. The topological polar surface area (TPSA) is 108 Å². The molecule has 144 valence electrons. The summed E-state index contributed by atoms with van der Waals surface area (Å²) in [5, 5.41) is 16.9. The van der Waals surface area contributed by atoms with E-state index < -0.39 is 0 Å². The molecule has 4 aromatic heterocycles. The van der Waals surface area contributed by atoms with Crippen LogP contribution in [0.4, 0.5) is 5.82 Å². The quantitative estimate of drug-likeness (QED) is 0.518. The maximum absolute atomic E-state index is 5.16. The number of rotatable bonds is 7. The highest BCUT2D eigenvalue weighted by atomic mass is 16.5. The van der Waals surface area contributed by atoms with Crippen LogP contribution in [0.5, 0.6) is 0 Å². The molecule has 0 radical (unpaired) electrons. The molecular formula is C18H21N9O. The van der Waals surface area contributed by atoms with Gasteiger partial charge < -0.3 is 14.6 Å². The Balaban J connectivity index is 1.71. The third-order valence-corrected chi connectivity index (χ3v) is 4.43. The molecule has 0 aliphatic carbocycles. The molecule has 0 saturated heterocycles. The Kier molecular flexibility index (Phi) is 4.94. The number of methoxy groups -OCH3 is 1. The highest BCUT2D eigenvalue weighted by Gasteiger charge is 2.18. The van der Waals surface area contributed by atoms with E-state index in [0.29, 0.717) is 24.8 Å². The SMILES string of the molecule is COCCn1cnnc1[C@H](C)Nc1nc(-c2cccnc2)nc2c1cnn2C. The molecule has 0 amide bonds. The normalized spacial score (nSPS) is 12.4. The van der Waals surface area contributed by atoms with Gasteiger partial charge in [0.05, 0.1) is 24.2 Å². The summed E-state index contributed by atoms with van der Waals surface area (Å²) in [5.74, 6) is 2.07. The first-order valence-electron chi connectivity index (χ1n) is 8.90. The molecule has 0 spiro atoms. The van der Waals surface area contributed by atoms with Gasteiger partial charge in [0.25, 0.3) is 0 Å². The van der Waals surface area contributed by atoms with Crippen molar-refractivity contribution >= 4 is 16.9 Å². The molecule has 10 nitrogen and oxygen atoms in total. The first-order chi connectivity index (χ1) is 13.7. The molecule has 4 heterocycles. The summed E-state index contributed by atoms with van der Waals surface area (Å²) in [5.41, 5.74) is 1.58. The Morgan fingerprint density at radius 3 is 2.93 bits per heavy atom. The van der Waals surface area contributed by atoms with Crippen molar-refractivity contribution in [2.24, 2.45) is 7.05 Å². The van der Waals surface area contributed by atoms with Crippen LogP contribution in [0.3, 0.4) is 0 Å². The lowest BCUT2D eigenvalue weighted by Crippen LogP contribution is -2.16. The fraction of sp³-hybridized carbons (Fsp3) is 0.333. The van der Waals surface area contributed by atoms with Crippen LogP contribution in [0.25, 0.3) is 22.4 Å². The molecule has 0 aliphatic rings. The molecule has 0 bridgehead atoms. The lowest BCUT2D eigenvalue weighted by molar-refractivity contribution is 0.186. The minimum absolute atomic E-state index is 0.126. The molecule has 1 atom stereocenters. The maximum Gasteiger partial charge on any atom is 0.165 e. The predicted molar refractivity (Wildman–Crippen MR) is 103 cm³/mol. The van der Waals surface area contributed by atoms with Gasteiger partial charge in [0, 0.05) is 38.7 Å². The van der Waals surface area contributed by atoms with Gasteiger partial charge in [0.2, 0.25) is 0 Å². The third-order valence-electron chi connectivity index (χ3n) is 4.43. The molecule has 0 saturated carbocycles. The van der Waals surface area contributed by atoms with Gasteiger partial charge in [0.15, 0.2) is 17.3 Å². The van der Waals surface area contributed by atoms with E-state index in [2.05, 4.69) is 30.6 Å². The third kappa shape index (κ3) is 3.41. The number of hydrogen-bond donors (Lipinski definition) is 1. The Hall–Kier alpha value is -3.40. The number of aryl methyl sites for hydroxylation is 1. The average molecular weight is 379 g/mol. The fourth-order valence-electron chi connectivity index (χ4n) is 2.99. The van der Waals surface area contributed by atoms with E-state index in [1.165, 1.54) is 0 Å². The van der Waals surface area contributed by atoms with Crippen LogP contribution in [-0.2, 0) is 18.3 Å². The second-order valence-electron chi connectivity index (χ2n) is 6.38. The predicted octanol–water partition coefficient (Wildman–Crippen LogP) is 1.84. The zero-order valence-electron chi connectivity index (χ0n) is 15.9. The first-order valence-corrected chi connectivity index (χ1v) is 8.90. The van der Waals surface area contributed by atoms with Gasteiger partial charge in [-0.3, -0.25) is 9.67 Å². The molecule has 0 aliphatic heterocycles. The van der Waals surface area contributed by atoms with Crippen LogP contribution in [0.15, 0.2) is 37.1 Å². The standard InChI is InChI=1S/C18H21N9O/c1-12(17-25-20-11-27(17)7-8-28-3)22-16-14-10-21-26(2)18(14)24-15(23-16)13-5-4-6-19-9-13/h4-6,9-12H,7-8H2,1-3H3,(H,22,23,24)/t12-/m0/s1. The van der Waals surface area contributed by atoms with Crippen molar-refractivity contribution < 1.29 is 4.74 Å². The van der Waals surface area contributed by atoms with Crippen molar-refractivity contribution in [2.75, 3.05) is 19.0 Å². The van der Waals surface area contributed by atoms with Crippen molar-refractivity contribution in [1.29, 1.82) is 0 Å². The average Bonchev–Trinajstić information content (AvgIpc) is 3.34. The van der Waals surface area contributed by atoms with E-state index in [-0.39, 0.29) is 6.04 Å². The van der Waals surface area contributed by atoms with E-state index in [1.54, 1.807) is 36.7 Å². The molecule has 0 aromatic carbocycles. The zero-order chi connectivity index (χ0) is 19.5. The molecule has 0 fully saturated rings. The van der Waals surface area contributed by atoms with Gasteiger partial charge in [-0.1, -0.05) is 0 Å². The molecule has 28 heavy (non-hydrogen) atoms. The minimum Gasteiger partial charge on any atom is -0.383 e. The van der Waals surface area contributed by atoms with Crippen molar-refractivity contribution in [3.8, 4) is 11.4 Å². The Bertz CT molecular complexity index is 1070. The lowest BCUT2D eigenvalue weighted by atomic mass is 10.2. The molecular weight excluding hydrogens is 358 g/mol. The first kappa shape index (κ1) is 18.0. The smallest absolute Gasteiger partial charge is 0.165 e. The summed E-state index contributed by atoms with van der Waals surface area (Å²) in [4.78, 5) is 13.5. The molecule has 4 rings (SSSR count). The van der Waals surface area contributed by atoms with Gasteiger partial charge in [-0.25, -0.2) is 9.97 Å². The monoisotopic (exact) mass is 379 g/mol. The molecule has 10 heteroatoms. The second-order valence-corrected chi connectivity index (χ2v) is 6.38. The number of nitrogens with one attached hydrogen (secondary N) is 1. The van der Waals surface area contributed by atoms with Gasteiger partial charge in [-0.05, 0) is 19.1 Å². The zero-order valence-corrected chi connectivity index (χ0v) is 15.9. The largest absolute Gasteiger partial charge is 0.383 e. The van der Waals surface area contributed by atoms with E-state index in [0.717, 1.165) is 22.4 Å². The number of hydrogen-bond acceptors (Lipinski definition) is 8. The Labute approximate surface area is 161 Å². The number of anilines is 1. The van der Waals surface area contributed by atoms with Crippen molar-refractivity contribution in [2.45, 2.75) is 19.5 Å². The van der Waals surface area contributed by atoms with Crippen LogP contribution < -0.4 is 5.32 Å². The number of nitrogens with zero attached hydrogens (tertiary/aromatic N) is 8. The highest BCUT2D eigenvalue weighted by molar-refractivity contribution is 5.88. The van der Waals surface area contributed by atoms with Crippen LogP contribution in [-0.4, -0.2) is 53.2 Å². The minimum atomic E-state index is -0.126. The van der Waals surface area contributed by atoms with E-state index >= 15 is 0 Å². The van der Waals surface area contributed by atoms with Crippen LogP contribution in [0, 0.1) is 0 Å². The van der Waals surface area contributed by atoms with Crippen molar-refractivity contribution in [3.63, 3.8) is 0 Å². The summed E-state index contributed by atoms with van der Waals surface area (Å²) >= 11 is 0. The summed E-state index contributed by atoms with van der Waals surface area (Å²) in [6, 6.07) is 3.67. The van der Waals surface area contributed by atoms with E-state index in [9.17, 15) is 0 Å². The molecule has 1 N–H and O–H groups in total. The highest BCUT2D eigenvalue weighted by Crippen LogP contribution is 2.27. The summed E-state index contributed by atoms with van der Waals surface area (Å²) in [6.45, 7) is 3.28. The van der Waals surface area contributed by atoms with E-state index in [1.807, 2.05) is 30.7 Å². The number of ether oxygens (including phenoxy) is 1. The second kappa shape index (κ2) is 7.69. The van der Waals surface area contributed by atoms with Gasteiger partial charge >= 0.3 is 0 Å². The van der Waals surface area contributed by atoms with Crippen molar-refractivity contribution in [1.82, 2.24) is 39.5 Å².